The van der Waals surface area contributed by atoms with Gasteiger partial charge in [-0.1, -0.05) is 18.2 Å². The number of hydrogen-bond donors (Lipinski definition) is 1. The van der Waals surface area contributed by atoms with Crippen LogP contribution in [0.5, 0.6) is 0 Å². The maximum absolute atomic E-state index is 13.4. The molecule has 0 amide bonds. The number of para-hydroxylation sites is 1. The number of hydrogen-bond acceptors (Lipinski definition) is 4. The van der Waals surface area contributed by atoms with Crippen LogP contribution in [0.4, 0.5) is 13.2 Å². The first-order valence-electron chi connectivity index (χ1n) is 7.89. The molecule has 0 bridgehead atoms. The summed E-state index contributed by atoms with van der Waals surface area (Å²) in [6, 6.07) is 8.70. The summed E-state index contributed by atoms with van der Waals surface area (Å²) >= 11 is 0. The van der Waals surface area contributed by atoms with Crippen LogP contribution >= 0.6 is 0 Å². The molecular formula is C17H15F3N4O. The number of alkyl halides is 3. The van der Waals surface area contributed by atoms with Crippen molar-refractivity contribution in [3.8, 4) is 5.69 Å². The quantitative estimate of drug-likeness (QED) is 0.787. The smallest absolute Gasteiger partial charge is 0.374 e. The summed E-state index contributed by atoms with van der Waals surface area (Å²) < 4.78 is 41.3. The van der Waals surface area contributed by atoms with Crippen molar-refractivity contribution in [2.75, 3.05) is 0 Å². The van der Waals surface area contributed by atoms with E-state index in [4.69, 9.17) is 0 Å². The third-order valence-electron chi connectivity index (χ3n) is 4.39. The van der Waals surface area contributed by atoms with E-state index in [9.17, 15) is 18.3 Å². The van der Waals surface area contributed by atoms with Crippen LogP contribution in [0.25, 0.3) is 16.6 Å². The Balaban J connectivity index is 1.98. The van der Waals surface area contributed by atoms with Crippen LogP contribution in [0.15, 0.2) is 36.5 Å². The molecule has 5 nitrogen and oxygen atoms in total. The number of pyridine rings is 1. The van der Waals surface area contributed by atoms with Gasteiger partial charge in [-0.25, -0.2) is 9.67 Å². The fourth-order valence-electron chi connectivity index (χ4n) is 2.71. The number of aromatic nitrogens is 4. The number of rotatable bonds is 3. The molecular weight excluding hydrogens is 333 g/mol. The maximum atomic E-state index is 13.4. The van der Waals surface area contributed by atoms with Crippen LogP contribution in [0, 0.1) is 0 Å². The monoisotopic (exact) mass is 348 g/mol. The molecule has 4 rings (SSSR count). The second kappa shape index (κ2) is 5.26. The van der Waals surface area contributed by atoms with Crippen molar-refractivity contribution in [1.82, 2.24) is 19.7 Å². The molecule has 1 aliphatic carbocycles. The first kappa shape index (κ1) is 16.0. The minimum Gasteiger partial charge on any atom is -0.374 e. The summed E-state index contributed by atoms with van der Waals surface area (Å²) in [6.45, 7) is 0.697. The first-order valence-corrected chi connectivity index (χ1v) is 7.89. The molecule has 1 atom stereocenters. The largest absolute Gasteiger partial charge is 0.424 e. The molecule has 0 aliphatic heterocycles. The Morgan fingerprint density at radius 2 is 1.88 bits per heavy atom. The number of halogens is 3. The van der Waals surface area contributed by atoms with Crippen molar-refractivity contribution in [3.05, 3.63) is 48.2 Å². The predicted molar refractivity (Wildman–Crippen MR) is 84.3 cm³/mol. The number of benzene rings is 1. The van der Waals surface area contributed by atoms with Crippen LogP contribution in [-0.2, 0) is 5.60 Å². The van der Waals surface area contributed by atoms with E-state index in [0.29, 0.717) is 24.0 Å². The molecule has 0 spiro atoms. The first-order chi connectivity index (χ1) is 11.8. The highest BCUT2D eigenvalue weighted by molar-refractivity contribution is 5.86. The topological polar surface area (TPSA) is 63.8 Å². The lowest BCUT2D eigenvalue weighted by molar-refractivity contribution is -0.262. The zero-order chi connectivity index (χ0) is 17.8. The van der Waals surface area contributed by atoms with Crippen LogP contribution in [-0.4, -0.2) is 31.0 Å². The molecule has 0 radical (unpaired) electrons. The third kappa shape index (κ3) is 2.57. The second-order valence-corrected chi connectivity index (χ2v) is 6.40. The Morgan fingerprint density at radius 3 is 2.56 bits per heavy atom. The van der Waals surface area contributed by atoms with E-state index in [2.05, 4.69) is 15.1 Å². The zero-order valence-electron chi connectivity index (χ0n) is 13.3. The van der Waals surface area contributed by atoms with Gasteiger partial charge in [0.15, 0.2) is 11.6 Å². The van der Waals surface area contributed by atoms with Crippen LogP contribution < -0.4 is 0 Å². The van der Waals surface area contributed by atoms with Crippen molar-refractivity contribution in [3.63, 3.8) is 0 Å². The van der Waals surface area contributed by atoms with Crippen molar-refractivity contribution in [2.24, 2.45) is 0 Å². The molecule has 2 aromatic heterocycles. The molecule has 1 fully saturated rings. The fourth-order valence-corrected chi connectivity index (χ4v) is 2.71. The Bertz CT molecular complexity index is 939. The Labute approximate surface area is 141 Å². The normalized spacial score (nSPS) is 17.6. The van der Waals surface area contributed by atoms with Crippen LogP contribution in [0.3, 0.4) is 0 Å². The van der Waals surface area contributed by atoms with E-state index >= 15 is 0 Å². The van der Waals surface area contributed by atoms with Crippen molar-refractivity contribution < 1.29 is 18.3 Å². The van der Waals surface area contributed by atoms with E-state index in [1.165, 1.54) is 0 Å². The summed E-state index contributed by atoms with van der Waals surface area (Å²) in [6.07, 6.45) is -1.64. The van der Waals surface area contributed by atoms with E-state index < -0.39 is 17.6 Å². The van der Waals surface area contributed by atoms with Crippen molar-refractivity contribution in [2.45, 2.75) is 37.5 Å². The van der Waals surface area contributed by atoms with Gasteiger partial charge in [0.2, 0.25) is 5.60 Å². The predicted octanol–water partition coefficient (Wildman–Crippen LogP) is 3.46. The summed E-state index contributed by atoms with van der Waals surface area (Å²) in [5.41, 5.74) is -2.27. The van der Waals surface area contributed by atoms with Gasteiger partial charge in [0.25, 0.3) is 0 Å². The van der Waals surface area contributed by atoms with Crippen LogP contribution in [0.1, 0.15) is 37.3 Å². The lowest BCUT2D eigenvalue weighted by Crippen LogP contribution is -2.41. The van der Waals surface area contributed by atoms with Crippen molar-refractivity contribution in [1.29, 1.82) is 0 Å². The molecule has 1 aromatic carbocycles. The number of nitrogens with zero attached hydrogens (tertiary/aromatic N) is 4. The van der Waals surface area contributed by atoms with Gasteiger partial charge in [-0.05, 0) is 31.9 Å². The van der Waals surface area contributed by atoms with Gasteiger partial charge in [-0.2, -0.15) is 18.3 Å². The van der Waals surface area contributed by atoms with Crippen molar-refractivity contribution >= 4 is 10.9 Å². The zero-order valence-corrected chi connectivity index (χ0v) is 13.3. The third-order valence-corrected chi connectivity index (χ3v) is 4.39. The van der Waals surface area contributed by atoms with Gasteiger partial charge in [-0.15, -0.1) is 0 Å². The number of fused-ring (bicyclic) bond motifs is 1. The number of aliphatic hydroxyl groups is 1. The van der Waals surface area contributed by atoms with Gasteiger partial charge >= 0.3 is 6.18 Å². The molecule has 1 N–H and O–H groups in total. The highest BCUT2D eigenvalue weighted by Crippen LogP contribution is 2.42. The maximum Gasteiger partial charge on any atom is 0.424 e. The summed E-state index contributed by atoms with van der Waals surface area (Å²) in [4.78, 5) is 8.31. The minimum atomic E-state index is -4.88. The molecule has 8 heteroatoms. The molecule has 1 unspecified atom stereocenters. The van der Waals surface area contributed by atoms with Gasteiger partial charge < -0.3 is 5.11 Å². The lowest BCUT2D eigenvalue weighted by atomic mass is 10.1. The Morgan fingerprint density at radius 1 is 1.16 bits per heavy atom. The van der Waals surface area contributed by atoms with E-state index in [1.54, 1.807) is 24.4 Å². The van der Waals surface area contributed by atoms with Gasteiger partial charge in [-0.3, -0.25) is 4.98 Å². The minimum absolute atomic E-state index is 0.0481. The molecule has 25 heavy (non-hydrogen) atoms. The molecule has 0 saturated heterocycles. The molecule has 1 saturated carbocycles. The van der Waals surface area contributed by atoms with Gasteiger partial charge in [0.1, 0.15) is 0 Å². The Kier molecular flexibility index (Phi) is 3.37. The Hall–Kier alpha value is -2.48. The summed E-state index contributed by atoms with van der Waals surface area (Å²) in [5.74, 6) is -0.167. The SMILES string of the molecule is CC(O)(c1nc(C2CC2)nn1-c1cccc2cccnc12)C(F)(F)F. The molecule has 2 heterocycles. The summed E-state index contributed by atoms with van der Waals surface area (Å²) in [5, 5.41) is 15.2. The second-order valence-electron chi connectivity index (χ2n) is 6.40. The lowest BCUT2D eigenvalue weighted by Gasteiger charge is -2.25. The highest BCUT2D eigenvalue weighted by Gasteiger charge is 2.55. The van der Waals surface area contributed by atoms with Gasteiger partial charge in [0.05, 0.1) is 11.2 Å². The summed E-state index contributed by atoms with van der Waals surface area (Å²) in [7, 11) is 0. The molecule has 1 aliphatic rings. The van der Waals surface area contributed by atoms with E-state index in [-0.39, 0.29) is 5.92 Å². The average Bonchev–Trinajstić information content (AvgIpc) is 3.32. The average molecular weight is 348 g/mol. The highest BCUT2D eigenvalue weighted by atomic mass is 19.4. The van der Waals surface area contributed by atoms with E-state index in [0.717, 1.165) is 22.9 Å². The molecule has 3 aromatic rings. The molecule has 130 valence electrons. The van der Waals surface area contributed by atoms with Crippen LogP contribution in [0.2, 0.25) is 0 Å². The van der Waals surface area contributed by atoms with E-state index in [1.807, 2.05) is 12.1 Å². The fraction of sp³-hybridized carbons (Fsp3) is 0.353. The van der Waals surface area contributed by atoms with Gasteiger partial charge in [0, 0.05) is 17.5 Å². The standard InChI is InChI=1S/C17H15F3N4O/c1-16(25,17(18,19)20)15-22-14(11-7-8-11)23-24(15)12-6-2-4-10-5-3-9-21-13(10)12/h2-6,9,11,25H,7-8H2,1H3.